The van der Waals surface area contributed by atoms with Crippen molar-refractivity contribution in [2.75, 3.05) is 79.3 Å². The number of carboxylic acids is 1. The van der Waals surface area contributed by atoms with Crippen molar-refractivity contribution in [2.45, 2.75) is 185 Å². The Morgan fingerprint density at radius 1 is 0.274 bits per heavy atom. The van der Waals surface area contributed by atoms with Crippen LogP contribution in [0, 0.1) is 0 Å². The quantitative estimate of drug-likeness (QED) is 0.0332. The van der Waals surface area contributed by atoms with Crippen molar-refractivity contribution in [1.82, 2.24) is 0 Å². The van der Waals surface area contributed by atoms with Gasteiger partial charge in [-0.1, -0.05) is 135 Å². The lowest BCUT2D eigenvalue weighted by atomic mass is 10.0. The zero-order chi connectivity index (χ0) is 49.1. The SMILES string of the molecule is CCCCCCCCCCCCCCCCCCCCCCCC(=O)O.OCC(O)CO.OCC(O)CO.OCC(O)CO.OCC(O)CO.OCC(O)CO.OCC(O)CO. The summed E-state index contributed by atoms with van der Waals surface area (Å²) in [4.78, 5) is 10.4. The van der Waals surface area contributed by atoms with Crippen LogP contribution in [0.25, 0.3) is 0 Å². The van der Waals surface area contributed by atoms with Crippen LogP contribution < -0.4 is 0 Å². The predicted octanol–water partition coefficient (Wildman–Crippen LogP) is -1.34. The van der Waals surface area contributed by atoms with E-state index in [1.165, 1.54) is 122 Å². The molecule has 0 spiro atoms. The molecule has 20 heteroatoms. The molecule has 0 aliphatic carbocycles. The highest BCUT2D eigenvalue weighted by molar-refractivity contribution is 5.66. The Bertz CT molecular complexity index is 630. The van der Waals surface area contributed by atoms with Crippen molar-refractivity contribution in [2.24, 2.45) is 0 Å². The van der Waals surface area contributed by atoms with Gasteiger partial charge in [0.25, 0.3) is 0 Å². The summed E-state index contributed by atoms with van der Waals surface area (Å²) < 4.78 is 0. The lowest BCUT2D eigenvalue weighted by Crippen LogP contribution is -2.15. The van der Waals surface area contributed by atoms with E-state index in [1.807, 2.05) is 0 Å². The molecule has 20 nitrogen and oxygen atoms in total. The number of aliphatic carboxylic acids is 1. The van der Waals surface area contributed by atoms with Crippen LogP contribution in [-0.2, 0) is 4.79 Å². The van der Waals surface area contributed by atoms with Gasteiger partial charge in [0.15, 0.2) is 0 Å². The van der Waals surface area contributed by atoms with E-state index in [9.17, 15) is 4.79 Å². The fraction of sp³-hybridized carbons (Fsp3) is 0.976. The van der Waals surface area contributed by atoms with Gasteiger partial charge in [-0.2, -0.15) is 0 Å². The van der Waals surface area contributed by atoms with E-state index in [0.29, 0.717) is 6.42 Å². The minimum absolute atomic E-state index is 0.346. The second-order valence-electron chi connectivity index (χ2n) is 14.3. The lowest BCUT2D eigenvalue weighted by Gasteiger charge is -2.04. The monoisotopic (exact) mass is 921 g/mol. The van der Waals surface area contributed by atoms with E-state index in [1.54, 1.807) is 0 Å². The summed E-state index contributed by atoms with van der Waals surface area (Å²) in [7, 11) is 0. The minimum atomic E-state index is -0.954. The van der Waals surface area contributed by atoms with Crippen LogP contribution in [-0.4, -0.2) is 219 Å². The predicted molar refractivity (Wildman–Crippen MR) is 236 cm³/mol. The average Bonchev–Trinajstić information content (AvgIpc) is 3.31. The van der Waals surface area contributed by atoms with Crippen molar-refractivity contribution >= 4 is 5.97 Å². The molecule has 0 aliphatic heterocycles. The molecule has 0 heterocycles. The molecule has 0 saturated carbocycles. The van der Waals surface area contributed by atoms with Crippen molar-refractivity contribution in [1.29, 1.82) is 0 Å². The smallest absolute Gasteiger partial charge is 0.303 e. The van der Waals surface area contributed by atoms with Gasteiger partial charge >= 0.3 is 5.97 Å². The Hall–Kier alpha value is -1.25. The Labute approximate surface area is 371 Å². The molecule has 0 saturated heterocycles. The molecule has 0 aromatic heterocycles. The second-order valence-corrected chi connectivity index (χ2v) is 14.3. The van der Waals surface area contributed by atoms with Gasteiger partial charge in [-0.3, -0.25) is 4.79 Å². The molecule has 0 fully saturated rings. The van der Waals surface area contributed by atoms with Crippen LogP contribution in [0.4, 0.5) is 0 Å². The normalized spacial score (nSPS) is 10.5. The van der Waals surface area contributed by atoms with Gasteiger partial charge in [0, 0.05) is 6.42 Å². The molecule has 19 N–H and O–H groups in total. The van der Waals surface area contributed by atoms with Crippen molar-refractivity contribution in [3.05, 3.63) is 0 Å². The number of aliphatic hydroxyl groups is 18. The number of unbranched alkanes of at least 4 members (excludes halogenated alkanes) is 20. The van der Waals surface area contributed by atoms with Crippen molar-refractivity contribution in [3.63, 3.8) is 0 Å². The number of rotatable bonds is 34. The van der Waals surface area contributed by atoms with E-state index >= 15 is 0 Å². The highest BCUT2D eigenvalue weighted by atomic mass is 16.4. The lowest BCUT2D eigenvalue weighted by molar-refractivity contribution is -0.137. The topological polar surface area (TPSA) is 401 Å². The van der Waals surface area contributed by atoms with Crippen LogP contribution in [0.15, 0.2) is 0 Å². The van der Waals surface area contributed by atoms with E-state index in [2.05, 4.69) is 6.92 Å². The number of aliphatic hydroxyl groups excluding tert-OH is 18. The van der Waals surface area contributed by atoms with Gasteiger partial charge in [0.1, 0.15) is 36.6 Å². The highest BCUT2D eigenvalue weighted by Gasteiger charge is 1.99. The van der Waals surface area contributed by atoms with Gasteiger partial charge in [0.05, 0.1) is 79.3 Å². The third-order valence-corrected chi connectivity index (χ3v) is 8.02. The van der Waals surface area contributed by atoms with E-state index in [0.717, 1.165) is 12.8 Å². The maximum absolute atomic E-state index is 10.4. The first-order valence-corrected chi connectivity index (χ1v) is 22.2. The molecule has 0 amide bonds. The molecule has 0 aromatic rings. The molecule has 0 radical (unpaired) electrons. The zero-order valence-corrected chi connectivity index (χ0v) is 37.9. The first kappa shape index (κ1) is 75.1. The first-order chi connectivity index (χ1) is 29.6. The maximum atomic E-state index is 10.4. The summed E-state index contributed by atoms with van der Waals surface area (Å²) >= 11 is 0. The number of carboxylic acid groups (broad SMARTS) is 1. The molecule has 0 rings (SSSR count). The third kappa shape index (κ3) is 93.6. The van der Waals surface area contributed by atoms with Crippen LogP contribution in [0.2, 0.25) is 0 Å². The summed E-state index contributed by atoms with van der Waals surface area (Å²) in [6.07, 6.45) is 23.3. The standard InChI is InChI=1S/C24H48O2.6C3H8O3/c1-2-3-4-5-6-7-8-9-10-11-12-13-14-15-16-17-18-19-20-21-22-23-24(25)26;6*4-1-3(6)2-5/h2-23H2,1H3,(H,25,26);6*3-6H,1-2H2. The van der Waals surface area contributed by atoms with Crippen LogP contribution in [0.3, 0.4) is 0 Å². The fourth-order valence-electron chi connectivity index (χ4n) is 4.05. The number of hydrogen-bond donors (Lipinski definition) is 19. The Morgan fingerprint density at radius 3 is 0.500 bits per heavy atom. The molecular formula is C42H96O20. The maximum Gasteiger partial charge on any atom is 0.303 e. The second kappa shape index (κ2) is 71.4. The van der Waals surface area contributed by atoms with Crippen LogP contribution in [0.1, 0.15) is 148 Å². The summed E-state index contributed by atoms with van der Waals surface area (Å²) in [6.45, 7) is -2.09. The molecule has 0 bridgehead atoms. The van der Waals surface area contributed by atoms with Gasteiger partial charge < -0.3 is 97.0 Å². The molecular weight excluding hydrogens is 824 g/mol. The Balaban J connectivity index is -0.000000135. The molecule has 62 heavy (non-hydrogen) atoms. The fourth-order valence-corrected chi connectivity index (χ4v) is 4.05. The summed E-state index contributed by atoms with van der Waals surface area (Å²) in [6, 6.07) is 0. The van der Waals surface area contributed by atoms with Crippen molar-refractivity contribution in [3.8, 4) is 0 Å². The first-order valence-electron chi connectivity index (χ1n) is 22.2. The largest absolute Gasteiger partial charge is 0.481 e. The molecule has 0 unspecified atom stereocenters. The van der Waals surface area contributed by atoms with Gasteiger partial charge in [-0.15, -0.1) is 0 Å². The van der Waals surface area contributed by atoms with Gasteiger partial charge in [0.2, 0.25) is 0 Å². The molecule has 0 atom stereocenters. The summed E-state index contributed by atoms with van der Waals surface area (Å²) in [5, 5.41) is 153. The van der Waals surface area contributed by atoms with Crippen molar-refractivity contribution < 1.29 is 102 Å². The highest BCUT2D eigenvalue weighted by Crippen LogP contribution is 2.15. The van der Waals surface area contributed by atoms with Crippen LogP contribution in [0.5, 0.6) is 0 Å². The van der Waals surface area contributed by atoms with E-state index in [4.69, 9.17) is 97.0 Å². The Morgan fingerprint density at radius 2 is 0.403 bits per heavy atom. The summed E-state index contributed by atoms with van der Waals surface area (Å²) in [5.41, 5.74) is 0. The van der Waals surface area contributed by atoms with E-state index in [-0.39, 0.29) is 79.3 Å². The number of hydrogen-bond acceptors (Lipinski definition) is 19. The van der Waals surface area contributed by atoms with Gasteiger partial charge in [-0.05, 0) is 6.42 Å². The van der Waals surface area contributed by atoms with E-state index < -0.39 is 42.6 Å². The number of carbonyl (C=O) groups is 1. The molecule has 0 aliphatic rings. The minimum Gasteiger partial charge on any atom is -0.481 e. The zero-order valence-electron chi connectivity index (χ0n) is 37.9. The van der Waals surface area contributed by atoms with Crippen LogP contribution >= 0.6 is 0 Å². The average molecular weight is 921 g/mol. The van der Waals surface area contributed by atoms with Gasteiger partial charge in [-0.25, -0.2) is 0 Å². The summed E-state index contributed by atoms with van der Waals surface area (Å²) in [5.74, 6) is -0.650. The third-order valence-electron chi connectivity index (χ3n) is 8.02. The Kier molecular flexibility index (Phi) is 86.4. The molecule has 0 aromatic carbocycles. The molecule has 384 valence electrons.